The summed E-state index contributed by atoms with van der Waals surface area (Å²) in [4.78, 5) is 17.2. The van der Waals surface area contributed by atoms with Crippen LogP contribution in [0.15, 0.2) is 69.3 Å². The van der Waals surface area contributed by atoms with Crippen LogP contribution in [0.25, 0.3) is 0 Å². The van der Waals surface area contributed by atoms with Crippen molar-refractivity contribution in [3.63, 3.8) is 0 Å². The number of carbonyl (C=O) groups is 1. The smallest absolute Gasteiger partial charge is 0.261 e. The number of hydrogen-bond acceptors (Lipinski definition) is 15. The fourth-order valence-electron chi connectivity index (χ4n) is 7.62. The van der Waals surface area contributed by atoms with Crippen molar-refractivity contribution in [2.75, 3.05) is 103 Å². The molecule has 1 aliphatic heterocycles. The van der Waals surface area contributed by atoms with Gasteiger partial charge >= 0.3 is 0 Å². The Balaban J connectivity index is 0.000000389. The van der Waals surface area contributed by atoms with Crippen molar-refractivity contribution >= 4 is 45.7 Å². The zero-order valence-electron chi connectivity index (χ0n) is 43.5. The highest BCUT2D eigenvalue weighted by atomic mass is 35.7. The van der Waals surface area contributed by atoms with Crippen LogP contribution in [-0.4, -0.2) is 162 Å². The zero-order chi connectivity index (χ0) is 54.0. The zero-order valence-corrected chi connectivity index (χ0v) is 46.7. The van der Waals surface area contributed by atoms with E-state index < -0.39 is 29.1 Å². The van der Waals surface area contributed by atoms with E-state index in [-0.39, 0.29) is 60.1 Å². The Morgan fingerprint density at radius 1 is 0.634 bits per heavy atom. The second-order valence-corrected chi connectivity index (χ2v) is 23.5. The molecule has 4 aromatic rings. The predicted octanol–water partition coefficient (Wildman–Crippen LogP) is 4.92. The first kappa shape index (κ1) is 62.7. The van der Waals surface area contributed by atoms with E-state index in [1.807, 2.05) is 14.1 Å². The third-order valence-corrected chi connectivity index (χ3v) is 16.9. The maximum atomic E-state index is 13.1. The first-order chi connectivity index (χ1) is 33.1. The van der Waals surface area contributed by atoms with Gasteiger partial charge in [0.15, 0.2) is 0 Å². The van der Waals surface area contributed by atoms with Gasteiger partial charge in [0, 0.05) is 64.0 Å². The Bertz CT molecular complexity index is 2670. The van der Waals surface area contributed by atoms with Gasteiger partial charge in [-0.2, -0.15) is 8.61 Å². The Morgan fingerprint density at radius 3 is 1.39 bits per heavy atom. The number of aliphatic hydroxyl groups excluding tert-OH is 2. The molecule has 0 saturated heterocycles. The molecule has 1 amide bonds. The molecule has 22 heteroatoms. The predicted molar refractivity (Wildman–Crippen MR) is 277 cm³/mol. The van der Waals surface area contributed by atoms with Crippen LogP contribution < -0.4 is 19.5 Å². The van der Waals surface area contributed by atoms with Crippen molar-refractivity contribution in [3.8, 4) is 17.2 Å². The Morgan fingerprint density at radius 2 is 1.04 bits per heavy atom. The van der Waals surface area contributed by atoms with Gasteiger partial charge in [0.1, 0.15) is 23.9 Å². The van der Waals surface area contributed by atoms with Crippen LogP contribution >= 0.6 is 10.7 Å². The van der Waals surface area contributed by atoms with Gasteiger partial charge < -0.3 is 44.3 Å². The number of methoxy groups -OCH3 is 3. The summed E-state index contributed by atoms with van der Waals surface area (Å²) < 4.78 is 96.5. The molecular weight excluding hydrogens is 998 g/mol. The summed E-state index contributed by atoms with van der Waals surface area (Å²) in [5.74, 6) is 1.78. The van der Waals surface area contributed by atoms with Crippen LogP contribution in [-0.2, 0) is 58.3 Å². The van der Waals surface area contributed by atoms with Crippen molar-refractivity contribution in [3.05, 3.63) is 105 Å². The Kier molecular flexibility index (Phi) is 25.4. The maximum Gasteiger partial charge on any atom is 0.261 e. The molecule has 0 unspecified atom stereocenters. The number of aryl methyl sites for hydroxylation is 6. The van der Waals surface area contributed by atoms with Crippen LogP contribution in [0.1, 0.15) is 50.1 Å². The fourth-order valence-corrected chi connectivity index (χ4v) is 12.4. The van der Waals surface area contributed by atoms with E-state index in [4.69, 9.17) is 39.8 Å². The Labute approximate surface area is 426 Å². The second-order valence-electron chi connectivity index (χ2n) is 17.1. The third-order valence-electron chi connectivity index (χ3n) is 11.0. The van der Waals surface area contributed by atoms with E-state index in [0.29, 0.717) is 70.3 Å². The van der Waals surface area contributed by atoms with Crippen molar-refractivity contribution in [1.82, 2.24) is 23.7 Å². The largest absolute Gasteiger partial charge is 0.497 e. The molecule has 0 radical (unpaired) electrons. The number of amides is 1. The number of aliphatic hydroxyl groups is 2. The van der Waals surface area contributed by atoms with Gasteiger partial charge in [-0.15, -0.1) is 0 Å². The van der Waals surface area contributed by atoms with Gasteiger partial charge in [0.05, 0.1) is 55.8 Å². The fraction of sp³-hybridized carbons (Fsp3) is 0.490. The number of carbonyl (C=O) groups excluding carboxylic acids is 1. The van der Waals surface area contributed by atoms with E-state index >= 15 is 0 Å². The number of rotatable bonds is 19. The third kappa shape index (κ3) is 18.2. The molecule has 1 aliphatic rings. The summed E-state index contributed by atoms with van der Waals surface area (Å²) in [5, 5.41) is 19.6. The van der Waals surface area contributed by atoms with Crippen LogP contribution in [0, 0.1) is 41.5 Å². The van der Waals surface area contributed by atoms with Gasteiger partial charge in [-0.3, -0.25) is 4.79 Å². The lowest BCUT2D eigenvalue weighted by Crippen LogP contribution is -2.33. The maximum absolute atomic E-state index is 13.1. The molecule has 0 aromatic heterocycles. The Hall–Kier alpha value is -4.39. The molecule has 398 valence electrons. The SMILES string of the molecule is CNCCO.COc1cc(C)c(S(=O)(=O)Cl)c(C)c1.COc1cc(C)c(S(=O)(=O)N(C)CCO)c(C)c1.COc1cc(C)c(S(=O)(=O)N(C)CCOCC(=O)N2Cc3ccc(CN(C)C)cc3C2)c(C)c1. The molecule has 3 N–H and O–H groups in total. The van der Waals surface area contributed by atoms with Crippen molar-refractivity contribution in [2.24, 2.45) is 0 Å². The van der Waals surface area contributed by atoms with Crippen LogP contribution in [0.3, 0.4) is 0 Å². The molecule has 0 saturated carbocycles. The van der Waals surface area contributed by atoms with Crippen molar-refractivity contribution in [1.29, 1.82) is 0 Å². The summed E-state index contributed by atoms with van der Waals surface area (Å²) in [5.41, 5.74) is 7.27. The number of likely N-dealkylation sites (N-methyl/N-ethyl adjacent to an activating group) is 3. The number of halogens is 1. The quantitative estimate of drug-likeness (QED) is 0.0839. The molecule has 0 spiro atoms. The molecule has 18 nitrogen and oxygen atoms in total. The normalized spacial score (nSPS) is 12.4. The average Bonchev–Trinajstić information content (AvgIpc) is 3.71. The lowest BCUT2D eigenvalue weighted by atomic mass is 10.1. The molecule has 0 aliphatic carbocycles. The molecular formula is C49H74ClN5O13S3. The van der Waals surface area contributed by atoms with E-state index in [9.17, 15) is 30.0 Å². The molecule has 5 rings (SSSR count). The second kappa shape index (κ2) is 28.7. The summed E-state index contributed by atoms with van der Waals surface area (Å²) in [6.45, 7) is 13.3. The lowest BCUT2D eigenvalue weighted by molar-refractivity contribution is -0.136. The highest BCUT2D eigenvalue weighted by Gasteiger charge is 2.28. The minimum Gasteiger partial charge on any atom is -0.497 e. The number of ether oxygens (including phenoxy) is 4. The molecule has 1 heterocycles. The highest BCUT2D eigenvalue weighted by Crippen LogP contribution is 2.30. The number of fused-ring (bicyclic) bond motifs is 1. The van der Waals surface area contributed by atoms with Crippen LogP contribution in [0.5, 0.6) is 17.2 Å². The minimum absolute atomic E-state index is 0.0764. The van der Waals surface area contributed by atoms with Crippen LogP contribution in [0.2, 0.25) is 0 Å². The van der Waals surface area contributed by atoms with Gasteiger partial charge in [-0.1, -0.05) is 18.2 Å². The molecule has 0 bridgehead atoms. The van der Waals surface area contributed by atoms with E-state index in [1.54, 1.807) is 104 Å². The molecule has 71 heavy (non-hydrogen) atoms. The van der Waals surface area contributed by atoms with Crippen molar-refractivity contribution in [2.45, 2.75) is 75.9 Å². The molecule has 0 atom stereocenters. The summed E-state index contributed by atoms with van der Waals surface area (Å²) in [6, 6.07) is 16.4. The van der Waals surface area contributed by atoms with Gasteiger partial charge in [0.2, 0.25) is 26.0 Å². The summed E-state index contributed by atoms with van der Waals surface area (Å²) in [7, 11) is 7.82. The topological polar surface area (TPSA) is 222 Å². The van der Waals surface area contributed by atoms with E-state index in [1.165, 1.54) is 36.6 Å². The lowest BCUT2D eigenvalue weighted by Gasteiger charge is -2.21. The van der Waals surface area contributed by atoms with Gasteiger partial charge in [0.25, 0.3) is 9.05 Å². The molecule has 0 fully saturated rings. The summed E-state index contributed by atoms with van der Waals surface area (Å²) in [6.07, 6.45) is 0. The van der Waals surface area contributed by atoms with E-state index in [2.05, 4.69) is 28.4 Å². The van der Waals surface area contributed by atoms with Crippen molar-refractivity contribution < 1.29 is 59.2 Å². The number of benzene rings is 4. The molecule has 4 aromatic carbocycles. The first-order valence-corrected chi connectivity index (χ1v) is 27.6. The number of nitrogens with one attached hydrogen (secondary N) is 1. The number of nitrogens with zero attached hydrogens (tertiary/aromatic N) is 4. The first-order valence-electron chi connectivity index (χ1n) is 22.4. The van der Waals surface area contributed by atoms with Gasteiger partial charge in [-0.25, -0.2) is 25.3 Å². The van der Waals surface area contributed by atoms with Gasteiger partial charge in [-0.05, 0) is 149 Å². The number of sulfonamides is 2. The van der Waals surface area contributed by atoms with Crippen LogP contribution in [0.4, 0.5) is 0 Å². The van der Waals surface area contributed by atoms with E-state index in [0.717, 1.165) is 16.4 Å². The number of hydrogen-bond donors (Lipinski definition) is 3. The average molecular weight is 1070 g/mol. The minimum atomic E-state index is -3.69. The monoisotopic (exact) mass is 1070 g/mol. The standard InChI is InChI=1S/C25H35N3O5S.C12H19NO4S.C9H11ClO3S.C3H9NO/c1-18-11-23(32-6)12-19(2)25(18)34(30,31)27(5)9-10-33-17-24(29)28-15-21-8-7-20(14-26(3)4)13-22(21)16-28;1-9-7-11(17-4)8-10(2)12(9)18(15,16)13(3)5-6-14;1-6-4-8(13-3)5-7(2)9(6)14(10,11)12;1-4-2-3-5/h7-8,11-13H,9-10,14-17H2,1-6H3;7-8,14H,5-6H2,1-4H3;4-5H,1-3H3;4-5H,2-3H2,1H3. The summed E-state index contributed by atoms with van der Waals surface area (Å²) >= 11 is 0. The highest BCUT2D eigenvalue weighted by molar-refractivity contribution is 8.13.